The molecule has 0 heterocycles. The Kier molecular flexibility index (Phi) is 5.23. The number of carboxylic acids is 1. The normalized spacial score (nSPS) is 12.8. The first-order valence-corrected chi connectivity index (χ1v) is 9.99. The highest BCUT2D eigenvalue weighted by Crippen LogP contribution is 2.32. The number of benzene rings is 2. The minimum absolute atomic E-state index is 0.0339. The fourth-order valence-electron chi connectivity index (χ4n) is 2.01. The summed E-state index contributed by atoms with van der Waals surface area (Å²) in [4.78, 5) is 10.8. The van der Waals surface area contributed by atoms with E-state index < -0.39 is 26.6 Å². The van der Waals surface area contributed by atoms with Crippen LogP contribution in [-0.2, 0) is 26.4 Å². The molecule has 0 saturated heterocycles. The zero-order valence-electron chi connectivity index (χ0n) is 12.0. The lowest BCUT2D eigenvalue weighted by atomic mass is 10.2. The van der Waals surface area contributed by atoms with Gasteiger partial charge < -0.3 is 5.11 Å². The molecule has 1 N–H and O–H groups in total. The van der Waals surface area contributed by atoms with Crippen LogP contribution in [0.25, 0.3) is 0 Å². The van der Waals surface area contributed by atoms with E-state index in [0.29, 0.717) is 0 Å². The molecule has 0 aliphatic heterocycles. The molecule has 8 heteroatoms. The van der Waals surface area contributed by atoms with Gasteiger partial charge in [0.2, 0.25) is 0 Å². The number of sulfone groups is 1. The van der Waals surface area contributed by atoms with Gasteiger partial charge in [0.15, 0.2) is 9.84 Å². The lowest BCUT2D eigenvalue weighted by Crippen LogP contribution is -2.10. The minimum Gasteiger partial charge on any atom is -0.478 e. The number of hydrogen-bond donors (Lipinski definition) is 1. The first-order valence-electron chi connectivity index (χ1n) is 6.40. The second kappa shape index (κ2) is 6.82. The van der Waals surface area contributed by atoms with Gasteiger partial charge in [0.05, 0.1) is 36.9 Å². The Bertz CT molecular complexity index is 876. The molecular weight excluding hydrogens is 360 g/mol. The summed E-state index contributed by atoms with van der Waals surface area (Å²) in [6.45, 7) is 0. The van der Waals surface area contributed by atoms with Crippen LogP contribution >= 0.6 is 11.6 Å². The minimum atomic E-state index is -3.71. The highest BCUT2D eigenvalue weighted by atomic mass is 35.5. The summed E-state index contributed by atoms with van der Waals surface area (Å²) in [5.74, 6) is -1.28. The van der Waals surface area contributed by atoms with Crippen LogP contribution in [0.5, 0.6) is 0 Å². The molecule has 2 rings (SSSR count). The van der Waals surface area contributed by atoms with Gasteiger partial charge in [-0.3, -0.25) is 4.21 Å². The molecule has 1 atom stereocenters. The molecule has 0 spiro atoms. The summed E-state index contributed by atoms with van der Waals surface area (Å²) >= 11 is 6.04. The molecule has 0 amide bonds. The number of carboxylic acid groups (broad SMARTS) is 1. The standard InChI is InChI=1S/C15H13ClO5S2/c1-23(20,21)12-8-7-11(15(17)18)13(16)14(12)22(19)9-10-5-3-2-4-6-10/h2-8H,9H2,1H3,(H,17,18). The van der Waals surface area contributed by atoms with Gasteiger partial charge in [-0.2, -0.15) is 0 Å². The first-order chi connectivity index (χ1) is 10.7. The van der Waals surface area contributed by atoms with Crippen LogP contribution in [0.4, 0.5) is 0 Å². The van der Waals surface area contributed by atoms with Crippen LogP contribution in [0.3, 0.4) is 0 Å². The Morgan fingerprint density at radius 1 is 1.17 bits per heavy atom. The monoisotopic (exact) mass is 372 g/mol. The van der Waals surface area contributed by atoms with Crippen molar-refractivity contribution in [3.8, 4) is 0 Å². The molecule has 0 bridgehead atoms. The van der Waals surface area contributed by atoms with E-state index in [-0.39, 0.29) is 26.1 Å². The Hall–Kier alpha value is -1.70. The average Bonchev–Trinajstić information content (AvgIpc) is 2.46. The zero-order chi connectivity index (χ0) is 17.2. The number of carbonyl (C=O) groups is 1. The van der Waals surface area contributed by atoms with Crippen LogP contribution in [0.1, 0.15) is 15.9 Å². The van der Waals surface area contributed by atoms with E-state index in [4.69, 9.17) is 16.7 Å². The second-order valence-electron chi connectivity index (χ2n) is 4.81. The molecule has 0 radical (unpaired) electrons. The lowest BCUT2D eigenvalue weighted by molar-refractivity contribution is 0.0696. The van der Waals surface area contributed by atoms with Crippen molar-refractivity contribution >= 4 is 38.2 Å². The number of rotatable bonds is 5. The molecule has 2 aromatic carbocycles. The fourth-order valence-corrected chi connectivity index (χ4v) is 5.29. The predicted octanol–water partition coefficient (Wildman–Crippen LogP) is 2.75. The third-order valence-corrected chi connectivity index (χ3v) is 6.31. The van der Waals surface area contributed by atoms with Crippen molar-refractivity contribution in [2.75, 3.05) is 6.26 Å². The van der Waals surface area contributed by atoms with Gasteiger partial charge in [0.25, 0.3) is 0 Å². The molecule has 2 aromatic rings. The number of halogens is 1. The van der Waals surface area contributed by atoms with E-state index in [1.54, 1.807) is 30.3 Å². The molecule has 0 aromatic heterocycles. The topological polar surface area (TPSA) is 88.5 Å². The maximum Gasteiger partial charge on any atom is 0.337 e. The van der Waals surface area contributed by atoms with Crippen LogP contribution in [0, 0.1) is 0 Å². The summed E-state index contributed by atoms with van der Waals surface area (Å²) in [7, 11) is -5.51. The zero-order valence-corrected chi connectivity index (χ0v) is 14.4. The van der Waals surface area contributed by atoms with Crippen molar-refractivity contribution in [3.05, 3.63) is 58.6 Å². The van der Waals surface area contributed by atoms with Crippen LogP contribution in [0.2, 0.25) is 5.02 Å². The maximum atomic E-state index is 12.6. The summed E-state index contributed by atoms with van der Waals surface area (Å²) in [5, 5.41) is 8.81. The van der Waals surface area contributed by atoms with Gasteiger partial charge >= 0.3 is 5.97 Å². The van der Waals surface area contributed by atoms with Crippen molar-refractivity contribution in [2.45, 2.75) is 15.5 Å². The highest BCUT2D eigenvalue weighted by molar-refractivity contribution is 7.92. The molecule has 0 fully saturated rings. The molecule has 0 aliphatic carbocycles. The van der Waals surface area contributed by atoms with E-state index in [1.807, 2.05) is 0 Å². The van der Waals surface area contributed by atoms with Crippen LogP contribution in [-0.4, -0.2) is 30.0 Å². The van der Waals surface area contributed by atoms with Gasteiger partial charge in [-0.1, -0.05) is 41.9 Å². The predicted molar refractivity (Wildman–Crippen MR) is 88.1 cm³/mol. The summed E-state index contributed by atoms with van der Waals surface area (Å²) < 4.78 is 36.5. The molecule has 5 nitrogen and oxygen atoms in total. The Balaban J connectivity index is 2.60. The van der Waals surface area contributed by atoms with Gasteiger partial charge in [-0.25, -0.2) is 13.2 Å². The molecule has 0 aliphatic rings. The van der Waals surface area contributed by atoms with E-state index in [1.165, 1.54) is 0 Å². The van der Waals surface area contributed by atoms with E-state index in [0.717, 1.165) is 24.0 Å². The largest absolute Gasteiger partial charge is 0.478 e. The van der Waals surface area contributed by atoms with Crippen LogP contribution < -0.4 is 0 Å². The smallest absolute Gasteiger partial charge is 0.337 e. The van der Waals surface area contributed by atoms with Gasteiger partial charge in [-0.05, 0) is 17.7 Å². The van der Waals surface area contributed by atoms with E-state index in [2.05, 4.69) is 0 Å². The van der Waals surface area contributed by atoms with Gasteiger partial charge in [0.1, 0.15) is 0 Å². The van der Waals surface area contributed by atoms with E-state index >= 15 is 0 Å². The molecule has 0 saturated carbocycles. The highest BCUT2D eigenvalue weighted by Gasteiger charge is 2.25. The van der Waals surface area contributed by atoms with Gasteiger partial charge in [0, 0.05) is 6.26 Å². The van der Waals surface area contributed by atoms with Gasteiger partial charge in [-0.15, -0.1) is 0 Å². The molecular formula is C15H13ClO5S2. The summed E-state index contributed by atoms with van der Waals surface area (Å²) in [5.41, 5.74) is 0.442. The Labute approximate surface area is 141 Å². The second-order valence-corrected chi connectivity index (χ2v) is 8.56. The first kappa shape index (κ1) is 17.7. The summed E-state index contributed by atoms with van der Waals surface area (Å²) in [6.07, 6.45) is 0.961. The lowest BCUT2D eigenvalue weighted by Gasteiger charge is -2.12. The number of hydrogen-bond acceptors (Lipinski definition) is 4. The van der Waals surface area contributed by atoms with Crippen LogP contribution in [0.15, 0.2) is 52.3 Å². The molecule has 122 valence electrons. The SMILES string of the molecule is CS(=O)(=O)c1ccc(C(=O)O)c(Cl)c1S(=O)Cc1ccccc1. The van der Waals surface area contributed by atoms with Crippen molar-refractivity contribution in [1.82, 2.24) is 0 Å². The van der Waals surface area contributed by atoms with Crippen molar-refractivity contribution in [2.24, 2.45) is 0 Å². The van der Waals surface area contributed by atoms with Crippen molar-refractivity contribution in [1.29, 1.82) is 0 Å². The van der Waals surface area contributed by atoms with Crippen molar-refractivity contribution in [3.63, 3.8) is 0 Å². The quantitative estimate of drug-likeness (QED) is 0.871. The fraction of sp³-hybridized carbons (Fsp3) is 0.133. The third-order valence-electron chi connectivity index (χ3n) is 3.06. The summed E-state index contributed by atoms with van der Waals surface area (Å²) in [6, 6.07) is 11.0. The van der Waals surface area contributed by atoms with Crippen molar-refractivity contribution < 1.29 is 22.5 Å². The Morgan fingerprint density at radius 3 is 2.30 bits per heavy atom. The van der Waals surface area contributed by atoms with E-state index in [9.17, 15) is 17.4 Å². The maximum absolute atomic E-state index is 12.6. The number of aromatic carboxylic acids is 1. The Morgan fingerprint density at radius 2 is 1.78 bits per heavy atom. The molecule has 23 heavy (non-hydrogen) atoms. The average molecular weight is 373 g/mol. The third kappa shape index (κ3) is 3.99. The molecule has 1 unspecified atom stereocenters.